The molecule has 0 amide bonds. The van der Waals surface area contributed by atoms with Gasteiger partial charge in [-0.2, -0.15) is 0 Å². The topological polar surface area (TPSA) is 43.6 Å². The summed E-state index contributed by atoms with van der Waals surface area (Å²) in [4.78, 5) is 4.10. The summed E-state index contributed by atoms with van der Waals surface area (Å²) in [6.45, 7) is 2.67. The van der Waals surface area contributed by atoms with Gasteiger partial charge in [0.15, 0.2) is 0 Å². The van der Waals surface area contributed by atoms with Crippen LogP contribution in [0.3, 0.4) is 0 Å². The molecule has 0 fully saturated rings. The molecule has 0 aromatic carbocycles. The third-order valence-electron chi connectivity index (χ3n) is 2.34. The minimum atomic E-state index is -0.0654. The van der Waals surface area contributed by atoms with Gasteiger partial charge in [-0.1, -0.05) is 12.1 Å². The van der Waals surface area contributed by atoms with E-state index in [1.54, 1.807) is 10.9 Å². The molecule has 1 atom stereocenters. The zero-order valence-corrected chi connectivity index (χ0v) is 11.7. The number of nitrogens with zero attached hydrogens (tertiary/aromatic N) is 4. The standard InChI is InChI=1S/C11H12BrClN4/c1-2-10(13)11-7-17(16-15-11)6-8-3-9(12)5-14-4-8/h3-5,7,10H,2,6H2,1H3. The Balaban J connectivity index is 2.11. The fraction of sp³-hybridized carbons (Fsp3) is 0.364. The van der Waals surface area contributed by atoms with Gasteiger partial charge in [-0.25, -0.2) is 4.68 Å². The van der Waals surface area contributed by atoms with E-state index < -0.39 is 0 Å². The first-order valence-electron chi connectivity index (χ1n) is 5.32. The molecule has 0 aliphatic heterocycles. The van der Waals surface area contributed by atoms with E-state index in [0.717, 1.165) is 22.2 Å². The first-order chi connectivity index (χ1) is 8.19. The molecule has 2 aromatic rings. The Morgan fingerprint density at radius 3 is 3.00 bits per heavy atom. The summed E-state index contributed by atoms with van der Waals surface area (Å²) in [5, 5.41) is 8.04. The summed E-state index contributed by atoms with van der Waals surface area (Å²) >= 11 is 9.48. The molecule has 4 nitrogen and oxygen atoms in total. The van der Waals surface area contributed by atoms with Crippen molar-refractivity contribution in [3.63, 3.8) is 0 Å². The van der Waals surface area contributed by atoms with E-state index in [1.165, 1.54) is 0 Å². The molecule has 17 heavy (non-hydrogen) atoms. The number of pyridine rings is 1. The lowest BCUT2D eigenvalue weighted by Gasteiger charge is -2.01. The van der Waals surface area contributed by atoms with Crippen LogP contribution in [-0.4, -0.2) is 20.0 Å². The first-order valence-corrected chi connectivity index (χ1v) is 6.55. The quantitative estimate of drug-likeness (QED) is 0.814. The molecule has 6 heteroatoms. The summed E-state index contributed by atoms with van der Waals surface area (Å²) < 4.78 is 2.73. The van der Waals surface area contributed by atoms with E-state index in [4.69, 9.17) is 11.6 Å². The predicted molar refractivity (Wildman–Crippen MR) is 69.9 cm³/mol. The van der Waals surface area contributed by atoms with Gasteiger partial charge in [0.2, 0.25) is 0 Å². The monoisotopic (exact) mass is 314 g/mol. The van der Waals surface area contributed by atoms with Gasteiger partial charge in [0.05, 0.1) is 18.1 Å². The van der Waals surface area contributed by atoms with Crippen molar-refractivity contribution in [1.82, 2.24) is 20.0 Å². The van der Waals surface area contributed by atoms with Crippen LogP contribution in [0, 0.1) is 0 Å². The van der Waals surface area contributed by atoms with Crippen LogP contribution in [0.2, 0.25) is 0 Å². The second-order valence-corrected chi connectivity index (χ2v) is 5.17. The Labute approximate surface area is 113 Å². The second kappa shape index (κ2) is 5.60. The van der Waals surface area contributed by atoms with Gasteiger partial charge in [0.1, 0.15) is 5.69 Å². The van der Waals surface area contributed by atoms with Crippen molar-refractivity contribution in [3.05, 3.63) is 40.4 Å². The van der Waals surface area contributed by atoms with Gasteiger partial charge in [0, 0.05) is 16.9 Å². The van der Waals surface area contributed by atoms with E-state index in [-0.39, 0.29) is 5.38 Å². The molecular formula is C11H12BrClN4. The molecule has 0 saturated heterocycles. The lowest BCUT2D eigenvalue weighted by Crippen LogP contribution is -2.00. The first kappa shape index (κ1) is 12.5. The van der Waals surface area contributed by atoms with Crippen molar-refractivity contribution in [2.24, 2.45) is 0 Å². The second-order valence-electron chi connectivity index (χ2n) is 3.73. The maximum Gasteiger partial charge on any atom is 0.101 e. The van der Waals surface area contributed by atoms with Crippen LogP contribution in [0.5, 0.6) is 0 Å². The number of halogens is 2. The van der Waals surface area contributed by atoms with Gasteiger partial charge in [-0.3, -0.25) is 4.98 Å². The normalized spacial score (nSPS) is 12.6. The Morgan fingerprint density at radius 1 is 1.47 bits per heavy atom. The number of alkyl halides is 1. The Hall–Kier alpha value is -0.940. The predicted octanol–water partition coefficient (Wildman–Crippen LogP) is 3.17. The largest absolute Gasteiger partial charge is 0.263 e. The molecule has 2 heterocycles. The van der Waals surface area contributed by atoms with Gasteiger partial charge >= 0.3 is 0 Å². The number of aromatic nitrogens is 4. The SMILES string of the molecule is CCC(Cl)c1cn(Cc2cncc(Br)c2)nn1. The summed E-state index contributed by atoms with van der Waals surface area (Å²) in [5.41, 5.74) is 1.88. The Kier molecular flexibility index (Phi) is 4.12. The van der Waals surface area contributed by atoms with Gasteiger partial charge < -0.3 is 0 Å². The highest BCUT2D eigenvalue weighted by Gasteiger charge is 2.10. The molecule has 2 rings (SSSR count). The number of rotatable bonds is 4. The maximum atomic E-state index is 6.10. The molecule has 0 spiro atoms. The van der Waals surface area contributed by atoms with Crippen molar-refractivity contribution in [2.75, 3.05) is 0 Å². The van der Waals surface area contributed by atoms with Crippen molar-refractivity contribution < 1.29 is 0 Å². The van der Waals surface area contributed by atoms with Crippen LogP contribution in [0.15, 0.2) is 29.1 Å². The summed E-state index contributed by atoms with van der Waals surface area (Å²) in [6.07, 6.45) is 6.28. The highest BCUT2D eigenvalue weighted by atomic mass is 79.9. The third-order valence-corrected chi connectivity index (χ3v) is 3.31. The van der Waals surface area contributed by atoms with E-state index in [1.807, 2.05) is 25.4 Å². The highest BCUT2D eigenvalue weighted by Crippen LogP contribution is 2.21. The zero-order chi connectivity index (χ0) is 12.3. The lowest BCUT2D eigenvalue weighted by molar-refractivity contribution is 0.647. The molecule has 0 saturated carbocycles. The molecular weight excluding hydrogens is 304 g/mol. The zero-order valence-electron chi connectivity index (χ0n) is 9.35. The van der Waals surface area contributed by atoms with E-state index in [0.29, 0.717) is 6.54 Å². The molecule has 0 radical (unpaired) electrons. The minimum absolute atomic E-state index is 0.0654. The van der Waals surface area contributed by atoms with Gasteiger partial charge in [-0.05, 0) is 34.0 Å². The average Bonchev–Trinajstić information content (AvgIpc) is 2.76. The van der Waals surface area contributed by atoms with Crippen LogP contribution < -0.4 is 0 Å². The molecule has 0 aliphatic carbocycles. The minimum Gasteiger partial charge on any atom is -0.263 e. The van der Waals surface area contributed by atoms with Crippen LogP contribution in [-0.2, 0) is 6.54 Å². The van der Waals surface area contributed by atoms with Crippen molar-refractivity contribution in [2.45, 2.75) is 25.3 Å². The number of hydrogen-bond acceptors (Lipinski definition) is 3. The van der Waals surface area contributed by atoms with Crippen molar-refractivity contribution >= 4 is 27.5 Å². The fourth-order valence-electron chi connectivity index (χ4n) is 1.47. The summed E-state index contributed by atoms with van der Waals surface area (Å²) in [6, 6.07) is 2.01. The maximum absolute atomic E-state index is 6.10. The number of hydrogen-bond donors (Lipinski definition) is 0. The average molecular weight is 316 g/mol. The van der Waals surface area contributed by atoms with Crippen molar-refractivity contribution in [1.29, 1.82) is 0 Å². The lowest BCUT2D eigenvalue weighted by atomic mass is 10.2. The highest BCUT2D eigenvalue weighted by molar-refractivity contribution is 9.10. The van der Waals surface area contributed by atoms with Crippen LogP contribution in [0.1, 0.15) is 30.0 Å². The molecule has 0 N–H and O–H groups in total. The Morgan fingerprint density at radius 2 is 2.29 bits per heavy atom. The third kappa shape index (κ3) is 3.26. The van der Waals surface area contributed by atoms with Gasteiger partial charge in [0.25, 0.3) is 0 Å². The van der Waals surface area contributed by atoms with E-state index in [9.17, 15) is 0 Å². The fourth-order valence-corrected chi connectivity index (χ4v) is 1.98. The smallest absolute Gasteiger partial charge is 0.101 e. The summed E-state index contributed by atoms with van der Waals surface area (Å²) in [5.74, 6) is 0. The Bertz CT molecular complexity index is 500. The van der Waals surface area contributed by atoms with E-state index >= 15 is 0 Å². The molecule has 2 aromatic heterocycles. The van der Waals surface area contributed by atoms with Crippen LogP contribution in [0.25, 0.3) is 0 Å². The van der Waals surface area contributed by atoms with E-state index in [2.05, 4.69) is 31.2 Å². The molecule has 0 bridgehead atoms. The molecule has 90 valence electrons. The van der Waals surface area contributed by atoms with Crippen LogP contribution >= 0.6 is 27.5 Å². The van der Waals surface area contributed by atoms with Gasteiger partial charge in [-0.15, -0.1) is 16.7 Å². The molecule has 1 unspecified atom stereocenters. The summed E-state index contributed by atoms with van der Waals surface area (Å²) in [7, 11) is 0. The molecule has 0 aliphatic rings. The van der Waals surface area contributed by atoms with Crippen molar-refractivity contribution in [3.8, 4) is 0 Å². The van der Waals surface area contributed by atoms with Crippen LogP contribution in [0.4, 0.5) is 0 Å².